The lowest BCUT2D eigenvalue weighted by Crippen LogP contribution is -2.45. The van der Waals surface area contributed by atoms with Crippen molar-refractivity contribution in [2.24, 2.45) is 5.41 Å². The largest absolute Gasteiger partial charge is 0.480 e. The summed E-state index contributed by atoms with van der Waals surface area (Å²) < 4.78 is 0. The minimum absolute atomic E-state index is 0.224. The number of hydrogen-bond donors (Lipinski definition) is 2. The molecule has 4 nitrogen and oxygen atoms in total. The molecule has 0 aliphatic heterocycles. The van der Waals surface area contributed by atoms with Crippen molar-refractivity contribution in [3.8, 4) is 0 Å². The molecule has 0 aromatic carbocycles. The van der Waals surface area contributed by atoms with E-state index in [9.17, 15) is 9.59 Å². The van der Waals surface area contributed by atoms with Crippen molar-refractivity contribution < 1.29 is 14.7 Å². The summed E-state index contributed by atoms with van der Waals surface area (Å²) in [6.07, 6.45) is 1.21. The maximum atomic E-state index is 11.5. The molecule has 0 aliphatic rings. The molecule has 0 radical (unpaired) electrons. The van der Waals surface area contributed by atoms with Crippen LogP contribution in [0.1, 0.15) is 40.5 Å². The fraction of sp³-hybridized carbons (Fsp3) is 0.800. The summed E-state index contributed by atoms with van der Waals surface area (Å²) in [4.78, 5) is 22.2. The van der Waals surface area contributed by atoms with Gasteiger partial charge in [-0.15, -0.1) is 0 Å². The van der Waals surface area contributed by atoms with Gasteiger partial charge in [-0.3, -0.25) is 4.79 Å². The minimum atomic E-state index is -0.968. The van der Waals surface area contributed by atoms with E-state index in [0.29, 0.717) is 6.42 Å². The second-order valence-electron chi connectivity index (χ2n) is 4.40. The first-order valence-corrected chi connectivity index (χ1v) is 4.82. The molecule has 0 saturated heterocycles. The van der Waals surface area contributed by atoms with E-state index in [1.807, 2.05) is 6.92 Å². The average Bonchev–Trinajstić information content (AvgIpc) is 2.01. The van der Waals surface area contributed by atoms with Gasteiger partial charge in [0.25, 0.3) is 0 Å². The first-order chi connectivity index (χ1) is 6.29. The Hall–Kier alpha value is -1.06. The van der Waals surface area contributed by atoms with Gasteiger partial charge in [0.05, 0.1) is 0 Å². The van der Waals surface area contributed by atoms with Crippen LogP contribution in [0.15, 0.2) is 0 Å². The standard InChI is InChI=1S/C10H19NO3/c1-5-6-7(8(12)13)11-9(14)10(2,3)4/h7H,5-6H2,1-4H3,(H,11,14)(H,12,13). The number of carboxylic acids is 1. The van der Waals surface area contributed by atoms with E-state index in [1.54, 1.807) is 20.8 Å². The zero-order valence-electron chi connectivity index (χ0n) is 9.26. The number of amides is 1. The lowest BCUT2D eigenvalue weighted by Gasteiger charge is -2.21. The Balaban J connectivity index is 4.31. The van der Waals surface area contributed by atoms with Crippen molar-refractivity contribution in [1.82, 2.24) is 5.32 Å². The highest BCUT2D eigenvalue weighted by Gasteiger charge is 2.26. The summed E-state index contributed by atoms with van der Waals surface area (Å²) in [7, 11) is 0. The van der Waals surface area contributed by atoms with Crippen molar-refractivity contribution in [1.29, 1.82) is 0 Å². The molecule has 0 heterocycles. The summed E-state index contributed by atoms with van der Waals surface area (Å²) in [5.41, 5.74) is -0.540. The SMILES string of the molecule is CCCC(NC(=O)C(C)(C)C)C(=O)O. The van der Waals surface area contributed by atoms with Crippen LogP contribution in [-0.2, 0) is 9.59 Å². The summed E-state index contributed by atoms with van der Waals surface area (Å²) in [6.45, 7) is 7.16. The number of aliphatic carboxylic acids is 1. The average molecular weight is 201 g/mol. The van der Waals surface area contributed by atoms with Crippen LogP contribution in [0.3, 0.4) is 0 Å². The van der Waals surface area contributed by atoms with Crippen LogP contribution in [-0.4, -0.2) is 23.0 Å². The normalized spacial score (nSPS) is 13.4. The molecule has 0 saturated carbocycles. The third kappa shape index (κ3) is 4.25. The van der Waals surface area contributed by atoms with E-state index in [1.165, 1.54) is 0 Å². The molecule has 1 amide bonds. The summed E-state index contributed by atoms with van der Waals surface area (Å²) in [6, 6.07) is -0.758. The van der Waals surface area contributed by atoms with Crippen molar-refractivity contribution in [2.45, 2.75) is 46.6 Å². The molecule has 0 spiro atoms. The third-order valence-electron chi connectivity index (χ3n) is 1.86. The van der Waals surface area contributed by atoms with Crippen LogP contribution in [0.25, 0.3) is 0 Å². The topological polar surface area (TPSA) is 66.4 Å². The quantitative estimate of drug-likeness (QED) is 0.722. The fourth-order valence-electron chi connectivity index (χ4n) is 0.921. The molecule has 1 atom stereocenters. The molecule has 0 fully saturated rings. The highest BCUT2D eigenvalue weighted by atomic mass is 16.4. The fourth-order valence-corrected chi connectivity index (χ4v) is 0.921. The van der Waals surface area contributed by atoms with Crippen LogP contribution in [0.2, 0.25) is 0 Å². The van der Waals surface area contributed by atoms with Crippen molar-refractivity contribution in [3.63, 3.8) is 0 Å². The Morgan fingerprint density at radius 1 is 1.36 bits per heavy atom. The van der Waals surface area contributed by atoms with Gasteiger partial charge in [0.15, 0.2) is 0 Å². The smallest absolute Gasteiger partial charge is 0.326 e. The lowest BCUT2D eigenvalue weighted by atomic mass is 9.95. The summed E-state index contributed by atoms with van der Waals surface area (Å²) >= 11 is 0. The van der Waals surface area contributed by atoms with E-state index in [0.717, 1.165) is 6.42 Å². The van der Waals surface area contributed by atoms with Crippen LogP contribution in [0.4, 0.5) is 0 Å². The molecule has 82 valence electrons. The van der Waals surface area contributed by atoms with Gasteiger partial charge in [-0.1, -0.05) is 34.1 Å². The molecular weight excluding hydrogens is 182 g/mol. The second-order valence-corrected chi connectivity index (χ2v) is 4.40. The molecule has 0 aromatic heterocycles. The van der Waals surface area contributed by atoms with Gasteiger partial charge in [0.1, 0.15) is 6.04 Å². The molecule has 2 N–H and O–H groups in total. The van der Waals surface area contributed by atoms with Crippen LogP contribution in [0.5, 0.6) is 0 Å². The zero-order valence-corrected chi connectivity index (χ0v) is 9.26. The predicted octanol–water partition coefficient (Wildman–Crippen LogP) is 1.40. The molecule has 1 unspecified atom stereocenters. The highest BCUT2D eigenvalue weighted by Crippen LogP contribution is 2.13. The van der Waals surface area contributed by atoms with E-state index >= 15 is 0 Å². The molecule has 0 aromatic rings. The van der Waals surface area contributed by atoms with E-state index in [-0.39, 0.29) is 5.91 Å². The van der Waals surface area contributed by atoms with E-state index < -0.39 is 17.4 Å². The monoisotopic (exact) mass is 201 g/mol. The highest BCUT2D eigenvalue weighted by molar-refractivity contribution is 5.86. The van der Waals surface area contributed by atoms with Crippen LogP contribution < -0.4 is 5.32 Å². The molecule has 4 heteroatoms. The van der Waals surface area contributed by atoms with Crippen LogP contribution >= 0.6 is 0 Å². The molecule has 0 rings (SSSR count). The Bertz CT molecular complexity index is 218. The van der Waals surface area contributed by atoms with Crippen molar-refractivity contribution >= 4 is 11.9 Å². The predicted molar refractivity (Wildman–Crippen MR) is 53.9 cm³/mol. The Morgan fingerprint density at radius 3 is 2.14 bits per heavy atom. The second kappa shape index (κ2) is 4.98. The first-order valence-electron chi connectivity index (χ1n) is 4.82. The van der Waals surface area contributed by atoms with Gasteiger partial charge in [-0.25, -0.2) is 4.79 Å². The van der Waals surface area contributed by atoms with Gasteiger partial charge in [0.2, 0.25) is 5.91 Å². The minimum Gasteiger partial charge on any atom is -0.480 e. The maximum Gasteiger partial charge on any atom is 0.326 e. The lowest BCUT2D eigenvalue weighted by molar-refractivity contribution is -0.143. The van der Waals surface area contributed by atoms with Gasteiger partial charge >= 0.3 is 5.97 Å². The Labute approximate surface area is 84.7 Å². The molecule has 0 bridgehead atoms. The van der Waals surface area contributed by atoms with Gasteiger partial charge in [-0.05, 0) is 6.42 Å². The number of hydrogen-bond acceptors (Lipinski definition) is 2. The van der Waals surface area contributed by atoms with Gasteiger partial charge in [0, 0.05) is 5.41 Å². The molecule has 14 heavy (non-hydrogen) atoms. The number of carbonyl (C=O) groups excluding carboxylic acids is 1. The number of rotatable bonds is 4. The number of nitrogens with one attached hydrogen (secondary N) is 1. The third-order valence-corrected chi connectivity index (χ3v) is 1.86. The summed E-state index contributed by atoms with van der Waals surface area (Å²) in [5.74, 6) is -1.19. The van der Waals surface area contributed by atoms with Crippen molar-refractivity contribution in [2.75, 3.05) is 0 Å². The van der Waals surface area contributed by atoms with Crippen molar-refractivity contribution in [3.05, 3.63) is 0 Å². The number of carboxylic acid groups (broad SMARTS) is 1. The Kier molecular flexibility index (Phi) is 4.60. The zero-order chi connectivity index (χ0) is 11.4. The molecule has 0 aliphatic carbocycles. The van der Waals surface area contributed by atoms with Gasteiger partial charge < -0.3 is 10.4 Å². The first kappa shape index (κ1) is 12.9. The summed E-state index contributed by atoms with van der Waals surface area (Å²) in [5, 5.41) is 11.3. The van der Waals surface area contributed by atoms with E-state index in [2.05, 4.69) is 5.32 Å². The van der Waals surface area contributed by atoms with Crippen LogP contribution in [0, 0.1) is 5.41 Å². The number of carbonyl (C=O) groups is 2. The Morgan fingerprint density at radius 2 is 1.86 bits per heavy atom. The molecular formula is C10H19NO3. The van der Waals surface area contributed by atoms with E-state index in [4.69, 9.17) is 5.11 Å². The van der Waals surface area contributed by atoms with Gasteiger partial charge in [-0.2, -0.15) is 0 Å². The maximum absolute atomic E-state index is 11.5.